The molecule has 0 radical (unpaired) electrons. The second kappa shape index (κ2) is 7.10. The van der Waals surface area contributed by atoms with Gasteiger partial charge in [0.2, 0.25) is 15.9 Å². The summed E-state index contributed by atoms with van der Waals surface area (Å²) in [5, 5.41) is 0. The second-order valence-electron chi connectivity index (χ2n) is 5.67. The maximum absolute atomic E-state index is 12.8. The summed E-state index contributed by atoms with van der Waals surface area (Å²) < 4.78 is 71.6. The number of halogens is 4. The fourth-order valence-electron chi connectivity index (χ4n) is 2.44. The standard InChI is InChI=1S/C16H13ClF3N3O3S/c1-9(15-22-14-12(26-15)3-2-6-21-14)23-27(24,25)13-5-4-11(16(18,19)20)7-10(13)8-17/h2-7,9,23H,8H2,1H3. The van der Waals surface area contributed by atoms with E-state index in [0.717, 1.165) is 12.1 Å². The van der Waals surface area contributed by atoms with Gasteiger partial charge < -0.3 is 4.42 Å². The number of aromatic nitrogens is 2. The number of oxazole rings is 1. The fourth-order valence-corrected chi connectivity index (χ4v) is 4.16. The molecule has 2 aromatic heterocycles. The summed E-state index contributed by atoms with van der Waals surface area (Å²) in [6.45, 7) is 1.49. The Morgan fingerprint density at radius 3 is 2.67 bits per heavy atom. The minimum atomic E-state index is -4.60. The summed E-state index contributed by atoms with van der Waals surface area (Å²) in [6.07, 6.45) is -3.09. The Balaban J connectivity index is 1.91. The van der Waals surface area contributed by atoms with Crippen molar-refractivity contribution in [3.63, 3.8) is 0 Å². The predicted octanol–water partition coefficient (Wildman–Crippen LogP) is 4.02. The fraction of sp³-hybridized carbons (Fsp3) is 0.250. The number of fused-ring (bicyclic) bond motifs is 1. The minimum Gasteiger partial charge on any atom is -0.437 e. The lowest BCUT2D eigenvalue weighted by Crippen LogP contribution is -2.28. The number of nitrogens with zero attached hydrogens (tertiary/aromatic N) is 2. The lowest BCUT2D eigenvalue weighted by atomic mass is 10.1. The van der Waals surface area contributed by atoms with E-state index < -0.39 is 33.7 Å². The van der Waals surface area contributed by atoms with Gasteiger partial charge in [-0.2, -0.15) is 22.9 Å². The van der Waals surface area contributed by atoms with Crippen molar-refractivity contribution in [2.24, 2.45) is 0 Å². The van der Waals surface area contributed by atoms with E-state index in [1.54, 1.807) is 12.1 Å². The van der Waals surface area contributed by atoms with Crippen molar-refractivity contribution in [3.8, 4) is 0 Å². The van der Waals surface area contributed by atoms with Gasteiger partial charge in [-0.25, -0.2) is 13.4 Å². The number of hydrogen-bond donors (Lipinski definition) is 1. The maximum atomic E-state index is 12.8. The van der Waals surface area contributed by atoms with Crippen LogP contribution in [-0.4, -0.2) is 18.4 Å². The van der Waals surface area contributed by atoms with E-state index in [4.69, 9.17) is 16.0 Å². The van der Waals surface area contributed by atoms with Crippen molar-refractivity contribution in [1.82, 2.24) is 14.7 Å². The largest absolute Gasteiger partial charge is 0.437 e. The summed E-state index contributed by atoms with van der Waals surface area (Å²) in [5.41, 5.74) is -0.440. The van der Waals surface area contributed by atoms with Gasteiger partial charge in [-0.1, -0.05) is 0 Å². The summed E-state index contributed by atoms with van der Waals surface area (Å²) >= 11 is 5.67. The number of nitrogens with one attached hydrogen (secondary N) is 1. The molecule has 0 aliphatic rings. The third-order valence-corrected chi connectivity index (χ3v) is 5.63. The van der Waals surface area contributed by atoms with Crippen LogP contribution in [0.5, 0.6) is 0 Å². The monoisotopic (exact) mass is 419 g/mol. The van der Waals surface area contributed by atoms with Crippen LogP contribution in [0.1, 0.15) is 30.0 Å². The molecule has 0 aliphatic heterocycles. The number of rotatable bonds is 5. The van der Waals surface area contributed by atoms with Gasteiger partial charge in [0.1, 0.15) is 0 Å². The van der Waals surface area contributed by atoms with E-state index >= 15 is 0 Å². The molecule has 27 heavy (non-hydrogen) atoms. The van der Waals surface area contributed by atoms with Crippen LogP contribution in [0.25, 0.3) is 11.2 Å². The Bertz CT molecular complexity index is 1050. The molecule has 1 N–H and O–H groups in total. The third kappa shape index (κ3) is 4.07. The highest BCUT2D eigenvalue weighted by molar-refractivity contribution is 7.89. The summed E-state index contributed by atoms with van der Waals surface area (Å²) in [6, 6.07) is 4.68. The molecule has 1 aromatic carbocycles. The van der Waals surface area contributed by atoms with E-state index in [1.807, 2.05) is 0 Å². The average molecular weight is 420 g/mol. The van der Waals surface area contributed by atoms with Crippen molar-refractivity contribution in [2.45, 2.75) is 29.9 Å². The highest BCUT2D eigenvalue weighted by Crippen LogP contribution is 2.32. The number of alkyl halides is 4. The Morgan fingerprint density at radius 1 is 1.30 bits per heavy atom. The lowest BCUT2D eigenvalue weighted by molar-refractivity contribution is -0.137. The molecule has 6 nitrogen and oxygen atoms in total. The van der Waals surface area contributed by atoms with Gasteiger partial charge in [0.25, 0.3) is 0 Å². The van der Waals surface area contributed by atoms with Crippen LogP contribution in [-0.2, 0) is 22.1 Å². The zero-order chi connectivity index (χ0) is 19.8. The second-order valence-corrected chi connectivity index (χ2v) is 7.62. The topological polar surface area (TPSA) is 85.1 Å². The predicted molar refractivity (Wildman–Crippen MR) is 91.5 cm³/mol. The molecule has 11 heteroatoms. The van der Waals surface area contributed by atoms with Crippen molar-refractivity contribution < 1.29 is 26.0 Å². The Hall–Kier alpha value is -2.17. The molecular formula is C16H13ClF3N3O3S. The molecule has 3 aromatic rings. The van der Waals surface area contributed by atoms with Gasteiger partial charge in [0.05, 0.1) is 16.5 Å². The third-order valence-electron chi connectivity index (χ3n) is 3.71. The Morgan fingerprint density at radius 2 is 2.04 bits per heavy atom. The van der Waals surface area contributed by atoms with Crippen molar-refractivity contribution >= 4 is 32.9 Å². The lowest BCUT2D eigenvalue weighted by Gasteiger charge is -2.15. The van der Waals surface area contributed by atoms with Crippen molar-refractivity contribution in [1.29, 1.82) is 0 Å². The van der Waals surface area contributed by atoms with Gasteiger partial charge in [-0.15, -0.1) is 11.6 Å². The van der Waals surface area contributed by atoms with E-state index in [2.05, 4.69) is 14.7 Å². The first kappa shape index (κ1) is 19.6. The van der Waals surface area contributed by atoms with E-state index in [0.29, 0.717) is 17.3 Å². The van der Waals surface area contributed by atoms with Crippen LogP contribution in [0, 0.1) is 0 Å². The first-order valence-corrected chi connectivity index (χ1v) is 9.63. The van der Waals surface area contributed by atoms with E-state index in [1.165, 1.54) is 13.1 Å². The molecular weight excluding hydrogens is 407 g/mol. The molecule has 0 saturated carbocycles. The van der Waals surface area contributed by atoms with Gasteiger partial charge >= 0.3 is 6.18 Å². The summed E-state index contributed by atoms with van der Waals surface area (Å²) in [5.74, 6) is -0.326. The summed E-state index contributed by atoms with van der Waals surface area (Å²) in [7, 11) is -4.17. The normalized spacial score (nSPS) is 13.8. The zero-order valence-electron chi connectivity index (χ0n) is 13.8. The van der Waals surface area contributed by atoms with Crippen LogP contribution < -0.4 is 4.72 Å². The molecule has 2 heterocycles. The SMILES string of the molecule is CC(NS(=O)(=O)c1ccc(C(F)(F)F)cc1CCl)c1nc2ncccc2o1. The number of hydrogen-bond acceptors (Lipinski definition) is 5. The maximum Gasteiger partial charge on any atom is 0.416 e. The van der Waals surface area contributed by atoms with Gasteiger partial charge in [-0.3, -0.25) is 0 Å². The average Bonchev–Trinajstić information content (AvgIpc) is 3.04. The molecule has 0 fully saturated rings. The molecule has 0 amide bonds. The van der Waals surface area contributed by atoms with Crippen molar-refractivity contribution in [2.75, 3.05) is 0 Å². The first-order chi connectivity index (χ1) is 12.6. The van der Waals surface area contributed by atoms with Crippen LogP contribution in [0.2, 0.25) is 0 Å². The van der Waals surface area contributed by atoms with E-state index in [9.17, 15) is 21.6 Å². The van der Waals surface area contributed by atoms with Crippen LogP contribution in [0.3, 0.4) is 0 Å². The highest BCUT2D eigenvalue weighted by Gasteiger charge is 2.32. The Labute approximate surface area is 157 Å². The van der Waals surface area contributed by atoms with Crippen LogP contribution in [0.15, 0.2) is 45.8 Å². The van der Waals surface area contributed by atoms with Crippen molar-refractivity contribution in [3.05, 3.63) is 53.5 Å². The number of benzene rings is 1. The van der Waals surface area contributed by atoms with Crippen LogP contribution >= 0.6 is 11.6 Å². The van der Waals surface area contributed by atoms with E-state index in [-0.39, 0.29) is 16.3 Å². The first-order valence-electron chi connectivity index (χ1n) is 7.61. The smallest absolute Gasteiger partial charge is 0.416 e. The van der Waals surface area contributed by atoms with Crippen LogP contribution in [0.4, 0.5) is 13.2 Å². The molecule has 1 unspecified atom stereocenters. The van der Waals surface area contributed by atoms with Gasteiger partial charge in [0, 0.05) is 12.1 Å². The molecule has 0 spiro atoms. The molecule has 0 bridgehead atoms. The molecule has 144 valence electrons. The highest BCUT2D eigenvalue weighted by atomic mass is 35.5. The molecule has 0 saturated heterocycles. The molecule has 0 aliphatic carbocycles. The van der Waals surface area contributed by atoms with Gasteiger partial charge in [-0.05, 0) is 42.8 Å². The quantitative estimate of drug-likeness (QED) is 0.631. The Kier molecular flexibility index (Phi) is 5.15. The minimum absolute atomic E-state index is 0.0756. The molecule has 1 atom stereocenters. The number of sulfonamides is 1. The number of pyridine rings is 1. The zero-order valence-corrected chi connectivity index (χ0v) is 15.4. The molecule has 3 rings (SSSR count). The van der Waals surface area contributed by atoms with Gasteiger partial charge in [0.15, 0.2) is 11.2 Å². The summed E-state index contributed by atoms with van der Waals surface area (Å²) in [4.78, 5) is 7.75.